The lowest BCUT2D eigenvalue weighted by molar-refractivity contribution is 0.0469. The molecule has 0 spiro atoms. The van der Waals surface area contributed by atoms with Crippen LogP contribution in [0.15, 0.2) is 42.5 Å². The number of benzene rings is 2. The lowest BCUT2D eigenvalue weighted by atomic mass is 10.1. The Hall–Kier alpha value is -1.87. The highest BCUT2D eigenvalue weighted by Crippen LogP contribution is 2.34. The maximum Gasteiger partial charge on any atom is 0.165 e. The van der Waals surface area contributed by atoms with E-state index < -0.39 is 18.0 Å². The van der Waals surface area contributed by atoms with Crippen LogP contribution in [-0.2, 0) is 6.42 Å². The molecule has 0 bridgehead atoms. The van der Waals surface area contributed by atoms with Crippen molar-refractivity contribution in [1.29, 1.82) is 0 Å². The molecule has 19 heavy (non-hydrogen) atoms. The first-order chi connectivity index (χ1) is 9.15. The Balaban J connectivity index is 1.85. The van der Waals surface area contributed by atoms with E-state index in [1.807, 2.05) is 31.2 Å². The Labute approximate surface area is 111 Å². The van der Waals surface area contributed by atoms with Crippen LogP contribution in [-0.4, -0.2) is 11.2 Å². The number of hydrogen-bond acceptors (Lipinski definition) is 2. The van der Waals surface area contributed by atoms with E-state index in [-0.39, 0.29) is 5.75 Å². The molecule has 2 atom stereocenters. The van der Waals surface area contributed by atoms with Gasteiger partial charge in [-0.1, -0.05) is 30.3 Å². The summed E-state index contributed by atoms with van der Waals surface area (Å²) in [5.74, 6) is -0.189. The van der Waals surface area contributed by atoms with E-state index in [9.17, 15) is 9.50 Å². The molecule has 0 saturated carbocycles. The first-order valence-corrected chi connectivity index (χ1v) is 6.34. The molecule has 1 N–H and O–H groups in total. The molecule has 2 aromatic rings. The summed E-state index contributed by atoms with van der Waals surface area (Å²) in [6.07, 6.45) is -0.519. The van der Waals surface area contributed by atoms with Crippen molar-refractivity contribution in [3.8, 4) is 5.75 Å². The Morgan fingerprint density at radius 1 is 1.21 bits per heavy atom. The standard InChI is InChI=1S/C16H15FO2/c1-10-6-7-13(17)14(8-10)19-15-9-11-4-2-3-5-12(11)16(15)18/h2-8,15-16,18H,9H2,1H3. The molecule has 1 aliphatic carbocycles. The molecule has 2 unspecified atom stereocenters. The maximum absolute atomic E-state index is 13.7. The van der Waals surface area contributed by atoms with E-state index in [0.717, 1.165) is 16.7 Å². The van der Waals surface area contributed by atoms with E-state index in [0.29, 0.717) is 6.42 Å². The minimum absolute atomic E-state index is 0.205. The second-order valence-corrected chi connectivity index (χ2v) is 4.94. The number of rotatable bonds is 2. The molecular weight excluding hydrogens is 243 g/mol. The molecule has 2 aromatic carbocycles. The Kier molecular flexibility index (Phi) is 2.99. The smallest absolute Gasteiger partial charge is 0.165 e. The van der Waals surface area contributed by atoms with Crippen LogP contribution >= 0.6 is 0 Å². The van der Waals surface area contributed by atoms with Crippen LogP contribution in [0.25, 0.3) is 0 Å². The quantitative estimate of drug-likeness (QED) is 0.896. The van der Waals surface area contributed by atoms with E-state index in [1.54, 1.807) is 12.1 Å². The summed E-state index contributed by atoms with van der Waals surface area (Å²) in [5.41, 5.74) is 2.87. The highest BCUT2D eigenvalue weighted by molar-refractivity contribution is 5.37. The van der Waals surface area contributed by atoms with E-state index in [1.165, 1.54) is 6.07 Å². The number of ether oxygens (including phenoxy) is 1. The minimum atomic E-state index is -0.698. The van der Waals surface area contributed by atoms with Crippen molar-refractivity contribution in [2.75, 3.05) is 0 Å². The zero-order chi connectivity index (χ0) is 13.4. The van der Waals surface area contributed by atoms with Crippen molar-refractivity contribution in [2.45, 2.75) is 25.6 Å². The van der Waals surface area contributed by atoms with Gasteiger partial charge in [0.1, 0.15) is 12.2 Å². The third-order valence-electron chi connectivity index (χ3n) is 3.51. The molecule has 0 radical (unpaired) electrons. The van der Waals surface area contributed by atoms with Crippen molar-refractivity contribution in [2.24, 2.45) is 0 Å². The minimum Gasteiger partial charge on any atom is -0.484 e. The first-order valence-electron chi connectivity index (χ1n) is 6.34. The van der Waals surface area contributed by atoms with Gasteiger partial charge in [-0.15, -0.1) is 0 Å². The summed E-state index contributed by atoms with van der Waals surface area (Å²) in [7, 11) is 0. The molecule has 0 fully saturated rings. The topological polar surface area (TPSA) is 29.5 Å². The van der Waals surface area contributed by atoms with Gasteiger partial charge in [0.05, 0.1) is 0 Å². The van der Waals surface area contributed by atoms with Gasteiger partial charge in [0, 0.05) is 6.42 Å². The van der Waals surface area contributed by atoms with E-state index >= 15 is 0 Å². The summed E-state index contributed by atoms with van der Waals surface area (Å²) in [5, 5.41) is 10.2. The largest absolute Gasteiger partial charge is 0.484 e. The van der Waals surface area contributed by atoms with Crippen LogP contribution in [0.2, 0.25) is 0 Å². The third kappa shape index (κ3) is 2.22. The fraction of sp³-hybridized carbons (Fsp3) is 0.250. The van der Waals surface area contributed by atoms with Crippen molar-refractivity contribution in [3.05, 3.63) is 65.0 Å². The van der Waals surface area contributed by atoms with Crippen LogP contribution < -0.4 is 4.74 Å². The third-order valence-corrected chi connectivity index (χ3v) is 3.51. The van der Waals surface area contributed by atoms with Gasteiger partial charge in [-0.25, -0.2) is 4.39 Å². The zero-order valence-electron chi connectivity index (χ0n) is 10.6. The molecule has 3 heteroatoms. The second kappa shape index (κ2) is 4.67. The van der Waals surface area contributed by atoms with Gasteiger partial charge in [0.15, 0.2) is 11.6 Å². The monoisotopic (exact) mass is 258 g/mol. The summed E-state index contributed by atoms with van der Waals surface area (Å²) in [6, 6.07) is 12.4. The van der Waals surface area contributed by atoms with E-state index in [4.69, 9.17) is 4.74 Å². The molecule has 0 saturated heterocycles. The summed E-state index contributed by atoms with van der Waals surface area (Å²) in [6.45, 7) is 1.88. The number of aliphatic hydroxyl groups is 1. The average Bonchev–Trinajstić information content (AvgIpc) is 2.72. The molecule has 2 nitrogen and oxygen atoms in total. The van der Waals surface area contributed by atoms with Crippen molar-refractivity contribution < 1.29 is 14.2 Å². The molecule has 1 aliphatic rings. The Morgan fingerprint density at radius 3 is 2.79 bits per heavy atom. The molecule has 0 aliphatic heterocycles. The maximum atomic E-state index is 13.7. The Bertz CT molecular complexity index is 609. The zero-order valence-corrected chi connectivity index (χ0v) is 10.6. The lowest BCUT2D eigenvalue weighted by Crippen LogP contribution is -2.22. The fourth-order valence-corrected chi connectivity index (χ4v) is 2.51. The highest BCUT2D eigenvalue weighted by atomic mass is 19.1. The van der Waals surface area contributed by atoms with Gasteiger partial charge < -0.3 is 9.84 Å². The normalized spacial score (nSPS) is 21.2. The van der Waals surface area contributed by atoms with Crippen LogP contribution in [0, 0.1) is 12.7 Å². The summed E-state index contributed by atoms with van der Waals surface area (Å²) < 4.78 is 19.3. The first kappa shape index (κ1) is 12.2. The van der Waals surface area contributed by atoms with Gasteiger partial charge in [-0.2, -0.15) is 0 Å². The van der Waals surface area contributed by atoms with Crippen molar-refractivity contribution in [1.82, 2.24) is 0 Å². The van der Waals surface area contributed by atoms with E-state index in [2.05, 4.69) is 0 Å². The number of aryl methyl sites for hydroxylation is 1. The van der Waals surface area contributed by atoms with Crippen molar-refractivity contribution >= 4 is 0 Å². The number of fused-ring (bicyclic) bond motifs is 1. The van der Waals surface area contributed by atoms with Crippen LogP contribution in [0.4, 0.5) is 4.39 Å². The molecule has 0 aromatic heterocycles. The van der Waals surface area contributed by atoms with Gasteiger partial charge in [-0.3, -0.25) is 0 Å². The average molecular weight is 258 g/mol. The van der Waals surface area contributed by atoms with Gasteiger partial charge in [0.25, 0.3) is 0 Å². The Morgan fingerprint density at radius 2 is 2.00 bits per heavy atom. The fourth-order valence-electron chi connectivity index (χ4n) is 2.51. The van der Waals surface area contributed by atoms with Gasteiger partial charge in [-0.05, 0) is 35.7 Å². The molecule has 0 heterocycles. The number of halogens is 1. The molecule has 3 rings (SSSR count). The predicted octanol–water partition coefficient (Wildman–Crippen LogP) is 3.17. The SMILES string of the molecule is Cc1ccc(F)c(OC2Cc3ccccc3C2O)c1. The lowest BCUT2D eigenvalue weighted by Gasteiger charge is -2.18. The van der Waals surface area contributed by atoms with Crippen LogP contribution in [0.1, 0.15) is 22.8 Å². The van der Waals surface area contributed by atoms with Crippen LogP contribution in [0.3, 0.4) is 0 Å². The number of hydrogen-bond donors (Lipinski definition) is 1. The molecule has 0 amide bonds. The number of aliphatic hydroxyl groups excluding tert-OH is 1. The second-order valence-electron chi connectivity index (χ2n) is 4.94. The molecule has 98 valence electrons. The summed E-state index contributed by atoms with van der Waals surface area (Å²) in [4.78, 5) is 0. The molecular formula is C16H15FO2. The van der Waals surface area contributed by atoms with Gasteiger partial charge >= 0.3 is 0 Å². The predicted molar refractivity (Wildman–Crippen MR) is 70.7 cm³/mol. The van der Waals surface area contributed by atoms with Gasteiger partial charge in [0.2, 0.25) is 0 Å². The summed E-state index contributed by atoms with van der Waals surface area (Å²) >= 11 is 0. The van der Waals surface area contributed by atoms with Crippen molar-refractivity contribution in [3.63, 3.8) is 0 Å². The van der Waals surface area contributed by atoms with Crippen LogP contribution in [0.5, 0.6) is 5.75 Å². The highest BCUT2D eigenvalue weighted by Gasteiger charge is 2.32.